The van der Waals surface area contributed by atoms with Crippen LogP contribution in [0, 0.1) is 12.7 Å². The van der Waals surface area contributed by atoms with Gasteiger partial charge >= 0.3 is 5.97 Å². The van der Waals surface area contributed by atoms with Crippen molar-refractivity contribution in [2.45, 2.75) is 26.4 Å². The molecule has 1 aromatic heterocycles. The van der Waals surface area contributed by atoms with Gasteiger partial charge in [0.2, 0.25) is 0 Å². The van der Waals surface area contributed by atoms with Crippen molar-refractivity contribution >= 4 is 17.6 Å². The van der Waals surface area contributed by atoms with E-state index in [2.05, 4.69) is 0 Å². The molecule has 0 saturated heterocycles. The summed E-state index contributed by atoms with van der Waals surface area (Å²) >= 11 is 0. The Morgan fingerprint density at radius 1 is 1.42 bits per heavy atom. The number of carboxylic acids is 1. The topological polar surface area (TPSA) is 80.0 Å². The minimum absolute atomic E-state index is 0.104. The highest BCUT2D eigenvalue weighted by atomic mass is 19.1. The molecule has 0 saturated carbocycles. The summed E-state index contributed by atoms with van der Waals surface area (Å²) in [5.74, 6) is -1.55. The van der Waals surface area contributed by atoms with Crippen LogP contribution in [0.4, 0.5) is 10.1 Å². The number of ether oxygens (including phenoxy) is 1. The number of aliphatic carboxylic acids is 1. The fraction of sp³-hybridized carbons (Fsp3) is 0.294. The molecular weight excluding hydrogens is 317 g/mol. The molecule has 1 unspecified atom stereocenters. The van der Waals surface area contributed by atoms with Gasteiger partial charge < -0.3 is 19.2 Å². The van der Waals surface area contributed by atoms with Gasteiger partial charge in [0.05, 0.1) is 24.1 Å². The highest BCUT2D eigenvalue weighted by molar-refractivity contribution is 6.09. The molecule has 1 aromatic carbocycles. The lowest BCUT2D eigenvalue weighted by Gasteiger charge is -2.33. The molecular formula is C17H16FNO5. The average Bonchev–Trinajstić information content (AvgIpc) is 2.85. The molecule has 3 rings (SSSR count). The van der Waals surface area contributed by atoms with E-state index in [4.69, 9.17) is 14.3 Å². The zero-order chi connectivity index (χ0) is 17.4. The van der Waals surface area contributed by atoms with Crippen LogP contribution in [0.25, 0.3) is 0 Å². The molecule has 126 valence electrons. The molecule has 1 aliphatic heterocycles. The van der Waals surface area contributed by atoms with E-state index in [1.165, 1.54) is 29.4 Å². The second-order valence-corrected chi connectivity index (χ2v) is 5.74. The Bertz CT molecular complexity index is 813. The van der Waals surface area contributed by atoms with Crippen molar-refractivity contribution in [3.63, 3.8) is 0 Å². The molecule has 1 N–H and O–H groups in total. The van der Waals surface area contributed by atoms with Crippen LogP contribution in [-0.4, -0.2) is 29.6 Å². The fourth-order valence-electron chi connectivity index (χ4n) is 2.79. The van der Waals surface area contributed by atoms with Gasteiger partial charge in [0, 0.05) is 11.6 Å². The lowest BCUT2D eigenvalue weighted by molar-refractivity contribution is -0.136. The summed E-state index contributed by atoms with van der Waals surface area (Å²) in [7, 11) is 0. The molecule has 1 amide bonds. The Kier molecular flexibility index (Phi) is 4.01. The lowest BCUT2D eigenvalue weighted by Crippen LogP contribution is -2.42. The largest absolute Gasteiger partial charge is 0.487 e. The standard InChI is InChI=1S/C17H16FNO5/c1-9-8-23-14(6-15(20)21)16(9)17(22)19-7-10(2)24-13-5-11(18)3-4-12(13)19/h3-5,8,10H,6-7H2,1-2H3,(H,20,21). The SMILES string of the molecule is Cc1coc(CC(=O)O)c1C(=O)N1CC(C)Oc2cc(F)ccc21. The maximum Gasteiger partial charge on any atom is 0.311 e. The van der Waals surface area contributed by atoms with Crippen LogP contribution >= 0.6 is 0 Å². The zero-order valence-electron chi connectivity index (χ0n) is 13.2. The second kappa shape index (κ2) is 5.99. The average molecular weight is 333 g/mol. The summed E-state index contributed by atoms with van der Waals surface area (Å²) in [5.41, 5.74) is 1.22. The smallest absolute Gasteiger partial charge is 0.311 e. The molecule has 1 aliphatic rings. The number of rotatable bonds is 3. The van der Waals surface area contributed by atoms with Crippen molar-refractivity contribution in [2.75, 3.05) is 11.4 Å². The number of anilines is 1. The van der Waals surface area contributed by atoms with Crippen molar-refractivity contribution in [3.8, 4) is 5.75 Å². The monoisotopic (exact) mass is 333 g/mol. The number of halogens is 1. The van der Waals surface area contributed by atoms with Crippen LogP contribution in [0.5, 0.6) is 5.75 Å². The van der Waals surface area contributed by atoms with Crippen molar-refractivity contribution < 1.29 is 28.2 Å². The molecule has 0 aliphatic carbocycles. The molecule has 0 bridgehead atoms. The van der Waals surface area contributed by atoms with Gasteiger partial charge in [-0.05, 0) is 26.0 Å². The molecule has 6 nitrogen and oxygen atoms in total. The Morgan fingerprint density at radius 2 is 2.17 bits per heavy atom. The third-order valence-corrected chi connectivity index (χ3v) is 3.80. The third kappa shape index (κ3) is 2.84. The van der Waals surface area contributed by atoms with Gasteiger partial charge in [-0.3, -0.25) is 9.59 Å². The van der Waals surface area contributed by atoms with E-state index in [1.54, 1.807) is 13.8 Å². The Labute approximate surface area is 137 Å². The molecule has 0 fully saturated rings. The number of fused-ring (bicyclic) bond motifs is 1. The molecule has 24 heavy (non-hydrogen) atoms. The number of furan rings is 1. The molecule has 0 spiro atoms. The van der Waals surface area contributed by atoms with Crippen LogP contribution in [0.15, 0.2) is 28.9 Å². The van der Waals surface area contributed by atoms with E-state index in [9.17, 15) is 14.0 Å². The van der Waals surface area contributed by atoms with Gasteiger partial charge in [0.25, 0.3) is 5.91 Å². The highest BCUT2D eigenvalue weighted by Gasteiger charge is 2.32. The van der Waals surface area contributed by atoms with E-state index in [0.717, 1.165) is 0 Å². The zero-order valence-corrected chi connectivity index (χ0v) is 13.2. The third-order valence-electron chi connectivity index (χ3n) is 3.80. The number of hydrogen-bond donors (Lipinski definition) is 1. The van der Waals surface area contributed by atoms with Crippen molar-refractivity contribution in [1.29, 1.82) is 0 Å². The minimum atomic E-state index is -1.09. The number of hydrogen-bond acceptors (Lipinski definition) is 4. The second-order valence-electron chi connectivity index (χ2n) is 5.74. The van der Waals surface area contributed by atoms with Gasteiger partial charge in [-0.2, -0.15) is 0 Å². The molecule has 1 atom stereocenters. The van der Waals surface area contributed by atoms with Crippen molar-refractivity contribution in [2.24, 2.45) is 0 Å². The quantitative estimate of drug-likeness (QED) is 0.934. The van der Waals surface area contributed by atoms with Crippen LogP contribution in [0.1, 0.15) is 28.6 Å². The van der Waals surface area contributed by atoms with E-state index < -0.39 is 11.8 Å². The highest BCUT2D eigenvalue weighted by Crippen LogP contribution is 2.35. The fourth-order valence-corrected chi connectivity index (χ4v) is 2.79. The van der Waals surface area contributed by atoms with Gasteiger partial charge in [-0.15, -0.1) is 0 Å². The summed E-state index contributed by atoms with van der Waals surface area (Å²) in [6, 6.07) is 3.95. The Morgan fingerprint density at radius 3 is 2.88 bits per heavy atom. The van der Waals surface area contributed by atoms with E-state index >= 15 is 0 Å². The number of aryl methyl sites for hydroxylation is 1. The maximum atomic E-state index is 13.4. The van der Waals surface area contributed by atoms with E-state index in [0.29, 0.717) is 11.3 Å². The predicted molar refractivity (Wildman–Crippen MR) is 83.0 cm³/mol. The Balaban J connectivity index is 2.03. The normalized spacial score (nSPS) is 16.5. The van der Waals surface area contributed by atoms with Crippen LogP contribution in [0.2, 0.25) is 0 Å². The maximum absolute atomic E-state index is 13.4. The first-order chi connectivity index (χ1) is 11.4. The Hall–Kier alpha value is -2.83. The first-order valence-corrected chi connectivity index (χ1v) is 7.43. The van der Waals surface area contributed by atoms with Crippen molar-refractivity contribution in [3.05, 3.63) is 47.2 Å². The lowest BCUT2D eigenvalue weighted by atomic mass is 10.1. The molecule has 2 heterocycles. The number of nitrogens with zero attached hydrogens (tertiary/aromatic N) is 1. The van der Waals surface area contributed by atoms with E-state index in [-0.39, 0.29) is 42.0 Å². The summed E-state index contributed by atoms with van der Waals surface area (Å²) in [6.45, 7) is 3.72. The van der Waals surface area contributed by atoms with Crippen molar-refractivity contribution in [1.82, 2.24) is 0 Å². The summed E-state index contributed by atoms with van der Waals surface area (Å²) in [6.07, 6.45) is 0.657. The molecule has 0 radical (unpaired) electrons. The minimum Gasteiger partial charge on any atom is -0.487 e. The summed E-state index contributed by atoms with van der Waals surface area (Å²) in [4.78, 5) is 25.4. The number of carbonyl (C=O) groups is 2. The van der Waals surface area contributed by atoms with Gasteiger partial charge in [0.1, 0.15) is 29.9 Å². The van der Waals surface area contributed by atoms with Gasteiger partial charge in [-0.25, -0.2) is 4.39 Å². The van der Waals surface area contributed by atoms with Crippen LogP contribution < -0.4 is 9.64 Å². The first-order valence-electron chi connectivity index (χ1n) is 7.43. The van der Waals surface area contributed by atoms with Gasteiger partial charge in [0.15, 0.2) is 0 Å². The first kappa shape index (κ1) is 16.0. The number of carboxylic acid groups (broad SMARTS) is 1. The number of carbonyl (C=O) groups excluding carboxylic acids is 1. The van der Waals surface area contributed by atoms with Crippen LogP contribution in [-0.2, 0) is 11.2 Å². The van der Waals surface area contributed by atoms with E-state index in [1.807, 2.05) is 0 Å². The number of amides is 1. The molecule has 7 heteroatoms. The van der Waals surface area contributed by atoms with Gasteiger partial charge in [-0.1, -0.05) is 0 Å². The summed E-state index contributed by atoms with van der Waals surface area (Å²) < 4.78 is 24.2. The number of benzene rings is 1. The van der Waals surface area contributed by atoms with Crippen LogP contribution in [0.3, 0.4) is 0 Å². The predicted octanol–water partition coefficient (Wildman–Crippen LogP) is 2.78. The summed E-state index contributed by atoms with van der Waals surface area (Å²) in [5, 5.41) is 8.98. The molecule has 2 aromatic rings.